The maximum absolute atomic E-state index is 12.3. The second-order valence-corrected chi connectivity index (χ2v) is 6.64. The molecule has 3 rings (SSSR count). The van der Waals surface area contributed by atoms with Crippen LogP contribution in [-0.2, 0) is 4.79 Å². The van der Waals surface area contributed by atoms with Crippen LogP contribution in [-0.4, -0.2) is 16.9 Å². The van der Waals surface area contributed by atoms with Crippen LogP contribution in [0.1, 0.15) is 25.7 Å². The van der Waals surface area contributed by atoms with Crippen LogP contribution < -0.4 is 11.1 Å². The number of rotatable bonds is 2. The SMILES string of the molecule is NC1CCCCC1C(=O)Nc1nc2ccc(Cl)cc2s1. The van der Waals surface area contributed by atoms with E-state index in [-0.39, 0.29) is 17.9 Å². The lowest BCUT2D eigenvalue weighted by Gasteiger charge is -2.26. The van der Waals surface area contributed by atoms with Crippen LogP contribution >= 0.6 is 22.9 Å². The summed E-state index contributed by atoms with van der Waals surface area (Å²) in [6.45, 7) is 0. The number of thiazole rings is 1. The number of aromatic nitrogens is 1. The van der Waals surface area contributed by atoms with Gasteiger partial charge in [0.2, 0.25) is 5.91 Å². The minimum absolute atomic E-state index is 0.0117. The second kappa shape index (κ2) is 5.68. The molecule has 20 heavy (non-hydrogen) atoms. The number of hydrogen-bond acceptors (Lipinski definition) is 4. The maximum atomic E-state index is 12.3. The molecular weight excluding hydrogens is 294 g/mol. The van der Waals surface area contributed by atoms with Crippen molar-refractivity contribution < 1.29 is 4.79 Å². The molecular formula is C14H16ClN3OS. The second-order valence-electron chi connectivity index (χ2n) is 5.18. The summed E-state index contributed by atoms with van der Waals surface area (Å²) in [6.07, 6.45) is 3.98. The molecule has 3 N–H and O–H groups in total. The number of fused-ring (bicyclic) bond motifs is 1. The summed E-state index contributed by atoms with van der Waals surface area (Å²) in [6, 6.07) is 5.48. The molecule has 1 amide bonds. The molecule has 1 aliphatic carbocycles. The summed E-state index contributed by atoms with van der Waals surface area (Å²) in [5.74, 6) is -0.110. The third-order valence-electron chi connectivity index (χ3n) is 3.74. The first-order valence-corrected chi connectivity index (χ1v) is 7.95. The first kappa shape index (κ1) is 13.8. The van der Waals surface area contributed by atoms with Crippen LogP contribution in [0, 0.1) is 5.92 Å². The quantitative estimate of drug-likeness (QED) is 0.893. The van der Waals surface area contributed by atoms with Gasteiger partial charge < -0.3 is 11.1 Å². The number of nitrogens with one attached hydrogen (secondary N) is 1. The predicted molar refractivity (Wildman–Crippen MR) is 83.2 cm³/mol. The average Bonchev–Trinajstić information content (AvgIpc) is 2.80. The fourth-order valence-electron chi connectivity index (χ4n) is 2.64. The van der Waals surface area contributed by atoms with E-state index in [2.05, 4.69) is 10.3 Å². The van der Waals surface area contributed by atoms with Gasteiger partial charge in [0.05, 0.1) is 16.1 Å². The molecule has 2 atom stereocenters. The van der Waals surface area contributed by atoms with E-state index >= 15 is 0 Å². The smallest absolute Gasteiger partial charge is 0.230 e. The Hall–Kier alpha value is -1.17. The standard InChI is InChI=1S/C14H16ClN3OS/c15-8-5-6-11-12(7-8)20-14(17-11)18-13(19)9-3-1-2-4-10(9)16/h5-7,9-10H,1-4,16H2,(H,17,18,19). The summed E-state index contributed by atoms with van der Waals surface area (Å²) in [5, 5.41) is 4.19. The molecule has 0 saturated heterocycles. The van der Waals surface area contributed by atoms with Gasteiger partial charge in [0.1, 0.15) is 0 Å². The Morgan fingerprint density at radius 2 is 2.20 bits per heavy atom. The van der Waals surface area contributed by atoms with Gasteiger partial charge >= 0.3 is 0 Å². The van der Waals surface area contributed by atoms with Crippen molar-refractivity contribution in [3.8, 4) is 0 Å². The number of carbonyl (C=O) groups excluding carboxylic acids is 1. The van der Waals surface area contributed by atoms with Crippen molar-refractivity contribution in [3.05, 3.63) is 23.2 Å². The van der Waals surface area contributed by atoms with Gasteiger partial charge in [-0.2, -0.15) is 0 Å². The molecule has 6 heteroatoms. The fourth-order valence-corrected chi connectivity index (χ4v) is 3.78. The van der Waals surface area contributed by atoms with E-state index in [0.717, 1.165) is 35.9 Å². The highest BCUT2D eigenvalue weighted by atomic mass is 35.5. The lowest BCUT2D eigenvalue weighted by Crippen LogP contribution is -2.40. The molecule has 1 aromatic carbocycles. The van der Waals surface area contributed by atoms with Crippen molar-refractivity contribution in [2.75, 3.05) is 5.32 Å². The van der Waals surface area contributed by atoms with Crippen LogP contribution in [0.2, 0.25) is 5.02 Å². The summed E-state index contributed by atoms with van der Waals surface area (Å²) < 4.78 is 0.973. The van der Waals surface area contributed by atoms with Crippen LogP contribution in [0.15, 0.2) is 18.2 Å². The summed E-state index contributed by atoms with van der Waals surface area (Å²) in [5.41, 5.74) is 6.88. The van der Waals surface area contributed by atoms with Crippen molar-refractivity contribution in [1.82, 2.24) is 4.98 Å². The van der Waals surface area contributed by atoms with E-state index < -0.39 is 0 Å². The molecule has 2 aromatic rings. The molecule has 1 aliphatic rings. The molecule has 1 aromatic heterocycles. The van der Waals surface area contributed by atoms with Gasteiger partial charge in [-0.25, -0.2) is 4.98 Å². The largest absolute Gasteiger partial charge is 0.327 e. The van der Waals surface area contributed by atoms with Crippen LogP contribution in [0.25, 0.3) is 10.2 Å². The molecule has 1 saturated carbocycles. The maximum Gasteiger partial charge on any atom is 0.230 e. The lowest BCUT2D eigenvalue weighted by atomic mass is 9.84. The lowest BCUT2D eigenvalue weighted by molar-refractivity contribution is -0.121. The Kier molecular flexibility index (Phi) is 3.92. The van der Waals surface area contributed by atoms with E-state index in [1.165, 1.54) is 11.3 Å². The van der Waals surface area contributed by atoms with Gasteiger partial charge in [0, 0.05) is 11.1 Å². The van der Waals surface area contributed by atoms with Crippen molar-refractivity contribution >= 4 is 44.2 Å². The van der Waals surface area contributed by atoms with E-state index in [1.54, 1.807) is 6.07 Å². The highest BCUT2D eigenvalue weighted by molar-refractivity contribution is 7.22. The summed E-state index contributed by atoms with van der Waals surface area (Å²) in [4.78, 5) is 16.7. The fraction of sp³-hybridized carbons (Fsp3) is 0.429. The van der Waals surface area contributed by atoms with Crippen LogP contribution in [0.4, 0.5) is 5.13 Å². The van der Waals surface area contributed by atoms with Crippen molar-refractivity contribution in [1.29, 1.82) is 0 Å². The van der Waals surface area contributed by atoms with Crippen LogP contribution in [0.5, 0.6) is 0 Å². The Labute approximate surface area is 126 Å². The Morgan fingerprint density at radius 1 is 1.40 bits per heavy atom. The number of nitrogens with zero attached hydrogens (tertiary/aromatic N) is 1. The van der Waals surface area contributed by atoms with Crippen molar-refractivity contribution in [2.45, 2.75) is 31.7 Å². The monoisotopic (exact) mass is 309 g/mol. The van der Waals surface area contributed by atoms with Crippen molar-refractivity contribution in [2.24, 2.45) is 11.7 Å². The topological polar surface area (TPSA) is 68.0 Å². The highest BCUT2D eigenvalue weighted by Gasteiger charge is 2.28. The molecule has 1 fully saturated rings. The van der Waals surface area contributed by atoms with Crippen LogP contribution in [0.3, 0.4) is 0 Å². The number of halogens is 1. The number of benzene rings is 1. The van der Waals surface area contributed by atoms with E-state index in [0.29, 0.717) is 10.2 Å². The molecule has 1 heterocycles. The Balaban J connectivity index is 1.76. The summed E-state index contributed by atoms with van der Waals surface area (Å²) >= 11 is 7.39. The molecule has 106 valence electrons. The highest BCUT2D eigenvalue weighted by Crippen LogP contribution is 2.30. The average molecular weight is 310 g/mol. The first-order chi connectivity index (χ1) is 9.63. The van der Waals surface area contributed by atoms with E-state index in [1.807, 2.05) is 12.1 Å². The van der Waals surface area contributed by atoms with Gasteiger partial charge in [0.25, 0.3) is 0 Å². The molecule has 4 nitrogen and oxygen atoms in total. The van der Waals surface area contributed by atoms with Gasteiger partial charge in [-0.1, -0.05) is 35.8 Å². The zero-order valence-corrected chi connectivity index (χ0v) is 12.5. The molecule has 0 spiro atoms. The first-order valence-electron chi connectivity index (χ1n) is 6.76. The van der Waals surface area contributed by atoms with E-state index in [9.17, 15) is 4.79 Å². The predicted octanol–water partition coefficient (Wildman–Crippen LogP) is 3.41. The number of nitrogens with two attached hydrogens (primary N) is 1. The molecule has 0 aliphatic heterocycles. The Morgan fingerprint density at radius 3 is 3.00 bits per heavy atom. The summed E-state index contributed by atoms with van der Waals surface area (Å²) in [7, 11) is 0. The normalized spacial score (nSPS) is 22.9. The van der Waals surface area contributed by atoms with Gasteiger partial charge in [-0.05, 0) is 31.0 Å². The van der Waals surface area contributed by atoms with Crippen molar-refractivity contribution in [3.63, 3.8) is 0 Å². The minimum atomic E-state index is -0.0978. The number of carbonyl (C=O) groups is 1. The van der Waals surface area contributed by atoms with Gasteiger partial charge in [-0.3, -0.25) is 4.79 Å². The minimum Gasteiger partial charge on any atom is -0.327 e. The van der Waals surface area contributed by atoms with Gasteiger partial charge in [-0.15, -0.1) is 0 Å². The molecule has 0 radical (unpaired) electrons. The number of hydrogen-bond donors (Lipinski definition) is 2. The number of anilines is 1. The third kappa shape index (κ3) is 2.80. The zero-order chi connectivity index (χ0) is 14.1. The number of amides is 1. The van der Waals surface area contributed by atoms with Gasteiger partial charge in [0.15, 0.2) is 5.13 Å². The van der Waals surface area contributed by atoms with E-state index in [4.69, 9.17) is 17.3 Å². The molecule has 0 bridgehead atoms. The Bertz CT molecular complexity index is 642. The molecule has 2 unspecified atom stereocenters. The zero-order valence-electron chi connectivity index (χ0n) is 10.9. The third-order valence-corrected chi connectivity index (χ3v) is 4.91.